The molecule has 1 amide bonds. The summed E-state index contributed by atoms with van der Waals surface area (Å²) in [6.45, 7) is 1.97. The Labute approximate surface area is 145 Å². The molecule has 122 valence electrons. The summed E-state index contributed by atoms with van der Waals surface area (Å²) in [6.07, 6.45) is 0. The summed E-state index contributed by atoms with van der Waals surface area (Å²) in [5.74, 6) is -0.117. The van der Waals surface area contributed by atoms with Crippen LogP contribution in [-0.4, -0.2) is 15.9 Å². The van der Waals surface area contributed by atoms with Crippen LogP contribution in [0.2, 0.25) is 0 Å². The molecule has 1 aromatic heterocycles. The Balaban J connectivity index is 1.64. The van der Waals surface area contributed by atoms with E-state index in [1.807, 2.05) is 67.6 Å². The number of carbonyl (C=O) groups is 1. The zero-order valence-corrected chi connectivity index (χ0v) is 13.8. The summed E-state index contributed by atoms with van der Waals surface area (Å²) in [6, 6.07) is 23.0. The number of aromatic nitrogens is 2. The van der Waals surface area contributed by atoms with Gasteiger partial charge < -0.3 is 5.32 Å². The molecule has 3 aromatic carbocycles. The number of fused-ring (bicyclic) bond motifs is 2. The molecule has 4 heteroatoms. The molecule has 0 bridgehead atoms. The van der Waals surface area contributed by atoms with Gasteiger partial charge in [0.1, 0.15) is 0 Å². The fourth-order valence-corrected chi connectivity index (χ4v) is 2.87. The van der Waals surface area contributed by atoms with Crippen molar-refractivity contribution in [3.63, 3.8) is 0 Å². The SMILES string of the molecule is CC(NC(=O)c1ccc2nc3ccccc3nc2c1)c1ccccc1. The van der Waals surface area contributed by atoms with Crippen molar-refractivity contribution < 1.29 is 4.79 Å². The Bertz CT molecular complexity index is 1060. The minimum atomic E-state index is -0.117. The highest BCUT2D eigenvalue weighted by molar-refractivity contribution is 5.98. The molecule has 1 heterocycles. The van der Waals surface area contributed by atoms with Crippen molar-refractivity contribution in [2.45, 2.75) is 13.0 Å². The summed E-state index contributed by atoms with van der Waals surface area (Å²) >= 11 is 0. The highest BCUT2D eigenvalue weighted by Crippen LogP contribution is 2.18. The first-order valence-electron chi connectivity index (χ1n) is 8.23. The average Bonchev–Trinajstić information content (AvgIpc) is 2.66. The van der Waals surface area contributed by atoms with Crippen molar-refractivity contribution in [2.24, 2.45) is 0 Å². The molecule has 0 aliphatic rings. The molecule has 0 saturated heterocycles. The predicted molar refractivity (Wildman–Crippen MR) is 99.4 cm³/mol. The maximum Gasteiger partial charge on any atom is 0.251 e. The van der Waals surface area contributed by atoms with Crippen LogP contribution in [0.5, 0.6) is 0 Å². The van der Waals surface area contributed by atoms with Crippen LogP contribution in [0.3, 0.4) is 0 Å². The van der Waals surface area contributed by atoms with Crippen molar-refractivity contribution in [3.05, 3.63) is 83.9 Å². The standard InChI is InChI=1S/C21H17N3O/c1-14(15-7-3-2-4-8-15)22-21(25)16-11-12-19-20(13-16)24-18-10-6-5-9-17(18)23-19/h2-14H,1H3,(H,22,25). The van der Waals surface area contributed by atoms with Crippen molar-refractivity contribution >= 4 is 28.0 Å². The normalized spacial score (nSPS) is 12.2. The fraction of sp³-hybridized carbons (Fsp3) is 0.0952. The number of hydrogen-bond acceptors (Lipinski definition) is 3. The minimum absolute atomic E-state index is 0.0629. The number of para-hydroxylation sites is 2. The van der Waals surface area contributed by atoms with Gasteiger partial charge in [-0.25, -0.2) is 9.97 Å². The van der Waals surface area contributed by atoms with Gasteiger partial charge in [0.2, 0.25) is 0 Å². The monoisotopic (exact) mass is 327 g/mol. The van der Waals surface area contributed by atoms with E-state index in [0.29, 0.717) is 5.56 Å². The van der Waals surface area contributed by atoms with Crippen LogP contribution in [0.15, 0.2) is 72.8 Å². The molecule has 0 aliphatic carbocycles. The largest absolute Gasteiger partial charge is 0.346 e. The number of amides is 1. The van der Waals surface area contributed by atoms with Crippen molar-refractivity contribution in [1.29, 1.82) is 0 Å². The Morgan fingerprint density at radius 3 is 2.12 bits per heavy atom. The second-order valence-electron chi connectivity index (χ2n) is 6.02. The molecule has 0 radical (unpaired) electrons. The summed E-state index contributed by atoms with van der Waals surface area (Å²) in [5.41, 5.74) is 4.84. The average molecular weight is 327 g/mol. The van der Waals surface area contributed by atoms with Crippen LogP contribution >= 0.6 is 0 Å². The smallest absolute Gasteiger partial charge is 0.251 e. The van der Waals surface area contributed by atoms with E-state index in [9.17, 15) is 4.79 Å². The first-order valence-corrected chi connectivity index (χ1v) is 8.23. The van der Waals surface area contributed by atoms with Gasteiger partial charge in [-0.05, 0) is 42.8 Å². The Kier molecular flexibility index (Phi) is 3.86. The second kappa shape index (κ2) is 6.32. The number of nitrogens with zero attached hydrogens (tertiary/aromatic N) is 2. The topological polar surface area (TPSA) is 54.9 Å². The highest BCUT2D eigenvalue weighted by Gasteiger charge is 2.12. The zero-order valence-electron chi connectivity index (χ0n) is 13.8. The molecular weight excluding hydrogens is 310 g/mol. The lowest BCUT2D eigenvalue weighted by molar-refractivity contribution is 0.0940. The van der Waals surface area contributed by atoms with Crippen LogP contribution in [0.25, 0.3) is 22.1 Å². The molecule has 4 nitrogen and oxygen atoms in total. The van der Waals surface area contributed by atoms with Gasteiger partial charge in [-0.2, -0.15) is 0 Å². The van der Waals surface area contributed by atoms with Crippen molar-refractivity contribution in [2.75, 3.05) is 0 Å². The van der Waals surface area contributed by atoms with Crippen molar-refractivity contribution in [3.8, 4) is 0 Å². The minimum Gasteiger partial charge on any atom is -0.346 e. The lowest BCUT2D eigenvalue weighted by Crippen LogP contribution is -2.26. The van der Waals surface area contributed by atoms with Crippen molar-refractivity contribution in [1.82, 2.24) is 15.3 Å². The van der Waals surface area contributed by atoms with Crippen LogP contribution < -0.4 is 5.32 Å². The maximum absolute atomic E-state index is 12.6. The first kappa shape index (κ1) is 15.3. The molecule has 0 saturated carbocycles. The van der Waals surface area contributed by atoms with Gasteiger partial charge in [0.15, 0.2) is 0 Å². The van der Waals surface area contributed by atoms with Gasteiger partial charge in [-0.15, -0.1) is 0 Å². The van der Waals surface area contributed by atoms with E-state index in [1.165, 1.54) is 0 Å². The summed E-state index contributed by atoms with van der Waals surface area (Å²) in [4.78, 5) is 21.8. The first-order chi connectivity index (χ1) is 12.2. The fourth-order valence-electron chi connectivity index (χ4n) is 2.87. The van der Waals surface area contributed by atoms with E-state index in [0.717, 1.165) is 27.6 Å². The Morgan fingerprint density at radius 1 is 0.800 bits per heavy atom. The lowest BCUT2D eigenvalue weighted by atomic mass is 10.1. The van der Waals surface area contributed by atoms with E-state index in [2.05, 4.69) is 15.3 Å². The zero-order chi connectivity index (χ0) is 17.2. The highest BCUT2D eigenvalue weighted by atomic mass is 16.1. The third kappa shape index (κ3) is 3.06. The predicted octanol–water partition coefficient (Wildman–Crippen LogP) is 4.27. The van der Waals surface area contributed by atoms with Crippen LogP contribution in [-0.2, 0) is 0 Å². The number of carbonyl (C=O) groups excluding carboxylic acids is 1. The van der Waals surface area contributed by atoms with Crippen LogP contribution in [0.1, 0.15) is 28.9 Å². The number of nitrogens with one attached hydrogen (secondary N) is 1. The number of rotatable bonds is 3. The van der Waals surface area contributed by atoms with E-state index >= 15 is 0 Å². The molecule has 0 aliphatic heterocycles. The molecule has 1 unspecified atom stereocenters. The van der Waals surface area contributed by atoms with Gasteiger partial charge in [-0.3, -0.25) is 4.79 Å². The second-order valence-corrected chi connectivity index (χ2v) is 6.02. The molecule has 0 fully saturated rings. The maximum atomic E-state index is 12.6. The lowest BCUT2D eigenvalue weighted by Gasteiger charge is -2.14. The van der Waals surface area contributed by atoms with Gasteiger partial charge in [0.05, 0.1) is 28.1 Å². The Hall–Kier alpha value is -3.27. The summed E-state index contributed by atoms with van der Waals surface area (Å²) in [5, 5.41) is 3.03. The number of hydrogen-bond donors (Lipinski definition) is 1. The third-order valence-corrected chi connectivity index (χ3v) is 4.25. The summed E-state index contributed by atoms with van der Waals surface area (Å²) in [7, 11) is 0. The van der Waals surface area contributed by atoms with Crippen LogP contribution in [0, 0.1) is 0 Å². The van der Waals surface area contributed by atoms with E-state index < -0.39 is 0 Å². The van der Waals surface area contributed by atoms with E-state index in [-0.39, 0.29) is 11.9 Å². The molecule has 4 aromatic rings. The molecular formula is C21H17N3O. The van der Waals surface area contributed by atoms with Gasteiger partial charge in [0, 0.05) is 5.56 Å². The van der Waals surface area contributed by atoms with Gasteiger partial charge >= 0.3 is 0 Å². The van der Waals surface area contributed by atoms with E-state index in [1.54, 1.807) is 12.1 Å². The van der Waals surface area contributed by atoms with E-state index in [4.69, 9.17) is 0 Å². The third-order valence-electron chi connectivity index (χ3n) is 4.25. The van der Waals surface area contributed by atoms with Gasteiger partial charge in [-0.1, -0.05) is 42.5 Å². The molecule has 1 N–H and O–H groups in total. The molecule has 4 rings (SSSR count). The van der Waals surface area contributed by atoms with Crippen LogP contribution in [0.4, 0.5) is 0 Å². The van der Waals surface area contributed by atoms with Gasteiger partial charge in [0.25, 0.3) is 5.91 Å². The Morgan fingerprint density at radius 2 is 1.40 bits per heavy atom. The molecule has 0 spiro atoms. The quantitative estimate of drug-likeness (QED) is 0.572. The molecule has 25 heavy (non-hydrogen) atoms. The molecule has 1 atom stereocenters. The number of benzene rings is 3. The summed E-state index contributed by atoms with van der Waals surface area (Å²) < 4.78 is 0.